The first-order valence-corrected chi connectivity index (χ1v) is 7.98. The number of hydrogen-bond donors (Lipinski definition) is 1. The Bertz CT molecular complexity index is 496. The quantitative estimate of drug-likeness (QED) is 0.364. The normalized spacial score (nSPS) is 16.3. The van der Waals surface area contributed by atoms with Gasteiger partial charge in [-0.05, 0) is 13.3 Å². The average molecular weight is 322 g/mol. The third-order valence-corrected chi connectivity index (χ3v) is 3.40. The van der Waals surface area contributed by atoms with E-state index in [2.05, 4.69) is 18.7 Å². The Hall–Kier alpha value is -1.40. The molecule has 1 aliphatic rings. The molecule has 1 heterocycles. The molecule has 0 spiro atoms. The van der Waals surface area contributed by atoms with Crippen molar-refractivity contribution in [2.45, 2.75) is 32.7 Å². The minimum Gasteiger partial charge on any atom is -0.489 e. The summed E-state index contributed by atoms with van der Waals surface area (Å²) in [5.74, 6) is 0.802. The van der Waals surface area contributed by atoms with E-state index in [1.807, 2.05) is 6.92 Å². The van der Waals surface area contributed by atoms with Gasteiger partial charge in [-0.2, -0.15) is 0 Å². The summed E-state index contributed by atoms with van der Waals surface area (Å²) in [5.41, 5.74) is 3.14. The summed E-state index contributed by atoms with van der Waals surface area (Å²) >= 11 is 0. The number of benzene rings is 1. The highest BCUT2D eigenvalue weighted by Crippen LogP contribution is 2.28. The van der Waals surface area contributed by atoms with E-state index in [9.17, 15) is 0 Å². The highest BCUT2D eigenvalue weighted by Gasteiger charge is 2.22. The monoisotopic (exact) mass is 322 g/mol. The molecular formula is C18H26O5. The molecule has 1 aromatic carbocycles. The highest BCUT2D eigenvalue weighted by molar-refractivity contribution is 5.44. The number of epoxide rings is 1. The van der Waals surface area contributed by atoms with Crippen LogP contribution in [0.4, 0.5) is 0 Å². The summed E-state index contributed by atoms with van der Waals surface area (Å²) in [4.78, 5) is 0. The van der Waals surface area contributed by atoms with E-state index in [1.54, 1.807) is 6.08 Å². The van der Waals surface area contributed by atoms with Crippen LogP contribution in [0.25, 0.3) is 0 Å². The summed E-state index contributed by atoms with van der Waals surface area (Å²) in [7, 11) is 0. The zero-order valence-electron chi connectivity index (χ0n) is 13.8. The second-order valence-electron chi connectivity index (χ2n) is 5.61. The minimum absolute atomic E-state index is 0.135. The third kappa shape index (κ3) is 6.31. The van der Waals surface area contributed by atoms with Gasteiger partial charge in [0, 0.05) is 24.3 Å². The van der Waals surface area contributed by atoms with Crippen LogP contribution < -0.4 is 4.74 Å². The Balaban J connectivity index is 2.05. The molecule has 0 saturated carbocycles. The molecular weight excluding hydrogens is 296 g/mol. The van der Waals surface area contributed by atoms with Crippen molar-refractivity contribution in [3.8, 4) is 5.75 Å². The Labute approximate surface area is 137 Å². The van der Waals surface area contributed by atoms with Crippen LogP contribution in [0.3, 0.4) is 0 Å². The molecule has 0 radical (unpaired) electrons. The first-order chi connectivity index (χ1) is 11.2. The fourth-order valence-corrected chi connectivity index (χ4v) is 2.28. The van der Waals surface area contributed by atoms with E-state index in [-0.39, 0.29) is 12.7 Å². The van der Waals surface area contributed by atoms with Gasteiger partial charge in [-0.15, -0.1) is 0 Å². The van der Waals surface area contributed by atoms with Crippen LogP contribution in [-0.4, -0.2) is 44.2 Å². The number of hydrogen-bond acceptors (Lipinski definition) is 5. The molecule has 1 aromatic rings. The lowest BCUT2D eigenvalue weighted by molar-refractivity contribution is 0.0969. The molecule has 1 atom stereocenters. The van der Waals surface area contributed by atoms with Crippen molar-refractivity contribution in [1.82, 2.24) is 0 Å². The average Bonchev–Trinajstić information content (AvgIpc) is 3.35. The second kappa shape index (κ2) is 9.67. The van der Waals surface area contributed by atoms with Gasteiger partial charge in [0.1, 0.15) is 18.5 Å². The van der Waals surface area contributed by atoms with Crippen molar-refractivity contribution in [2.24, 2.45) is 0 Å². The predicted molar refractivity (Wildman–Crippen MR) is 87.6 cm³/mol. The van der Waals surface area contributed by atoms with E-state index in [4.69, 9.17) is 24.1 Å². The number of rotatable bonds is 12. The van der Waals surface area contributed by atoms with Crippen LogP contribution in [-0.2, 0) is 27.4 Å². The second-order valence-corrected chi connectivity index (χ2v) is 5.61. The SMILES string of the molecule is C=CCOc1c(COCCCO)cc(C)cc1COCC1CO1. The van der Waals surface area contributed by atoms with Crippen LogP contribution in [0.2, 0.25) is 0 Å². The molecule has 5 nitrogen and oxygen atoms in total. The molecule has 1 aliphatic heterocycles. The number of aliphatic hydroxyl groups excluding tert-OH is 1. The zero-order chi connectivity index (χ0) is 16.5. The van der Waals surface area contributed by atoms with Crippen LogP contribution >= 0.6 is 0 Å². The van der Waals surface area contributed by atoms with Gasteiger partial charge in [-0.1, -0.05) is 30.4 Å². The first-order valence-electron chi connectivity index (χ1n) is 7.98. The molecule has 128 valence electrons. The lowest BCUT2D eigenvalue weighted by Crippen LogP contribution is -2.08. The molecule has 1 fully saturated rings. The Morgan fingerprint density at radius 2 is 2.00 bits per heavy atom. The summed E-state index contributed by atoms with van der Waals surface area (Å²) in [5, 5.41) is 8.83. The van der Waals surface area contributed by atoms with Gasteiger partial charge in [-0.25, -0.2) is 0 Å². The van der Waals surface area contributed by atoms with E-state index >= 15 is 0 Å². The van der Waals surface area contributed by atoms with E-state index < -0.39 is 0 Å². The third-order valence-electron chi connectivity index (χ3n) is 3.40. The van der Waals surface area contributed by atoms with Gasteiger partial charge in [0.2, 0.25) is 0 Å². The molecule has 0 amide bonds. The number of aryl methyl sites for hydroxylation is 1. The molecule has 5 heteroatoms. The standard InChI is InChI=1S/C18H26O5/c1-3-6-22-18-15(10-20-7-4-5-19)8-14(2)9-16(18)11-21-12-17-13-23-17/h3,8-9,17,19H,1,4-7,10-13H2,2H3. The lowest BCUT2D eigenvalue weighted by Gasteiger charge is -2.17. The predicted octanol–water partition coefficient (Wildman–Crippen LogP) is 2.37. The molecule has 1 N–H and O–H groups in total. The topological polar surface area (TPSA) is 60.5 Å². The van der Waals surface area contributed by atoms with E-state index in [1.165, 1.54) is 0 Å². The Morgan fingerprint density at radius 3 is 2.61 bits per heavy atom. The van der Waals surface area contributed by atoms with Crippen LogP contribution in [0.1, 0.15) is 23.1 Å². The van der Waals surface area contributed by atoms with Crippen molar-refractivity contribution >= 4 is 0 Å². The molecule has 0 aliphatic carbocycles. The number of ether oxygens (including phenoxy) is 4. The van der Waals surface area contributed by atoms with E-state index in [0.29, 0.717) is 39.5 Å². The molecule has 0 bridgehead atoms. The maximum atomic E-state index is 8.83. The van der Waals surface area contributed by atoms with Crippen LogP contribution in [0.5, 0.6) is 5.75 Å². The fourth-order valence-electron chi connectivity index (χ4n) is 2.28. The van der Waals surface area contributed by atoms with Crippen LogP contribution in [0, 0.1) is 6.92 Å². The zero-order valence-corrected chi connectivity index (χ0v) is 13.8. The van der Waals surface area contributed by atoms with Crippen molar-refractivity contribution in [3.05, 3.63) is 41.5 Å². The summed E-state index contributed by atoms with van der Waals surface area (Å²) in [6, 6.07) is 4.13. The van der Waals surface area contributed by atoms with Crippen LogP contribution in [0.15, 0.2) is 24.8 Å². The molecule has 23 heavy (non-hydrogen) atoms. The van der Waals surface area contributed by atoms with Gasteiger partial charge < -0.3 is 24.1 Å². The van der Waals surface area contributed by atoms with Gasteiger partial charge in [-0.3, -0.25) is 0 Å². The lowest BCUT2D eigenvalue weighted by atomic mass is 10.1. The molecule has 1 unspecified atom stereocenters. The van der Waals surface area contributed by atoms with Crippen molar-refractivity contribution in [2.75, 3.05) is 33.0 Å². The summed E-state index contributed by atoms with van der Waals surface area (Å²) in [6.07, 6.45) is 2.60. The van der Waals surface area contributed by atoms with Gasteiger partial charge in [0.15, 0.2) is 0 Å². The van der Waals surface area contributed by atoms with Crippen molar-refractivity contribution in [3.63, 3.8) is 0 Å². The summed E-state index contributed by atoms with van der Waals surface area (Å²) in [6.45, 7) is 9.17. The summed E-state index contributed by atoms with van der Waals surface area (Å²) < 4.78 is 22.3. The Kier molecular flexibility index (Phi) is 7.55. The van der Waals surface area contributed by atoms with Crippen molar-refractivity contribution in [1.29, 1.82) is 0 Å². The minimum atomic E-state index is 0.135. The maximum absolute atomic E-state index is 8.83. The largest absolute Gasteiger partial charge is 0.489 e. The van der Waals surface area contributed by atoms with Gasteiger partial charge in [0.25, 0.3) is 0 Å². The van der Waals surface area contributed by atoms with Gasteiger partial charge >= 0.3 is 0 Å². The molecule has 1 saturated heterocycles. The van der Waals surface area contributed by atoms with Crippen molar-refractivity contribution < 1.29 is 24.1 Å². The highest BCUT2D eigenvalue weighted by atomic mass is 16.6. The molecule has 0 aromatic heterocycles. The Morgan fingerprint density at radius 1 is 1.30 bits per heavy atom. The maximum Gasteiger partial charge on any atom is 0.130 e. The number of aliphatic hydroxyl groups is 1. The van der Waals surface area contributed by atoms with E-state index in [0.717, 1.165) is 29.0 Å². The first kappa shape index (κ1) is 17.9. The fraction of sp³-hybridized carbons (Fsp3) is 0.556. The van der Waals surface area contributed by atoms with Gasteiger partial charge in [0.05, 0.1) is 26.4 Å². The molecule has 2 rings (SSSR count). The smallest absolute Gasteiger partial charge is 0.130 e.